The van der Waals surface area contributed by atoms with E-state index in [0.29, 0.717) is 23.4 Å². The summed E-state index contributed by atoms with van der Waals surface area (Å²) >= 11 is 1.67. The maximum Gasteiger partial charge on any atom is 0.248 e. The molecule has 3 rings (SSSR count). The number of thioether (sulfide) groups is 1. The zero-order chi connectivity index (χ0) is 15.9. The van der Waals surface area contributed by atoms with Gasteiger partial charge in [0.15, 0.2) is 5.78 Å². The van der Waals surface area contributed by atoms with Crippen molar-refractivity contribution in [3.05, 3.63) is 29.8 Å². The zero-order valence-corrected chi connectivity index (χ0v) is 13.4. The summed E-state index contributed by atoms with van der Waals surface area (Å²) in [4.78, 5) is 37.3. The minimum absolute atomic E-state index is 0.0106. The summed E-state index contributed by atoms with van der Waals surface area (Å²) in [5.41, 5.74) is 1.25. The van der Waals surface area contributed by atoms with Gasteiger partial charge >= 0.3 is 0 Å². The van der Waals surface area contributed by atoms with E-state index in [4.69, 9.17) is 0 Å². The van der Waals surface area contributed by atoms with Crippen LogP contribution in [0.4, 0.5) is 5.69 Å². The van der Waals surface area contributed by atoms with E-state index in [9.17, 15) is 14.4 Å². The molecule has 5 nitrogen and oxygen atoms in total. The summed E-state index contributed by atoms with van der Waals surface area (Å²) in [7, 11) is 0. The van der Waals surface area contributed by atoms with Crippen LogP contribution < -0.4 is 5.32 Å². The molecular formula is C16H18N2O3S. The van der Waals surface area contributed by atoms with Crippen molar-refractivity contribution in [2.75, 3.05) is 11.1 Å². The van der Waals surface area contributed by atoms with Crippen LogP contribution in [0.1, 0.15) is 37.0 Å². The third-order valence-corrected chi connectivity index (χ3v) is 5.81. The standard InChI is InChI=1S/C16H18N2O3S/c1-10(19)11-3-5-12(6-4-11)17-15(21)13-9-22-16(2)8-7-14(20)18(13)16/h3-6,13H,7-9H2,1-2H3,(H,17,21)/t13-,16-/m0/s1. The van der Waals surface area contributed by atoms with Gasteiger partial charge in [-0.2, -0.15) is 0 Å². The molecule has 0 aromatic heterocycles. The Morgan fingerprint density at radius 1 is 1.32 bits per heavy atom. The number of carbonyl (C=O) groups is 3. The fourth-order valence-corrected chi connectivity index (χ4v) is 4.46. The highest BCUT2D eigenvalue weighted by molar-refractivity contribution is 8.01. The summed E-state index contributed by atoms with van der Waals surface area (Å²) in [6.45, 7) is 3.53. The van der Waals surface area contributed by atoms with E-state index < -0.39 is 6.04 Å². The Hall–Kier alpha value is -1.82. The molecule has 2 aliphatic rings. The lowest BCUT2D eigenvalue weighted by molar-refractivity contribution is -0.135. The van der Waals surface area contributed by atoms with E-state index in [1.165, 1.54) is 6.92 Å². The van der Waals surface area contributed by atoms with Gasteiger partial charge in [0.05, 0.1) is 4.87 Å². The van der Waals surface area contributed by atoms with Gasteiger partial charge in [-0.3, -0.25) is 14.4 Å². The molecule has 1 aromatic rings. The second-order valence-electron chi connectivity index (χ2n) is 5.89. The van der Waals surface area contributed by atoms with Gasteiger partial charge < -0.3 is 10.2 Å². The average Bonchev–Trinajstić information content (AvgIpc) is 2.97. The van der Waals surface area contributed by atoms with Crippen LogP contribution in [0.5, 0.6) is 0 Å². The van der Waals surface area contributed by atoms with Gasteiger partial charge in [0.2, 0.25) is 11.8 Å². The second kappa shape index (κ2) is 5.43. The van der Waals surface area contributed by atoms with E-state index in [-0.39, 0.29) is 22.5 Å². The van der Waals surface area contributed by atoms with Gasteiger partial charge in [0, 0.05) is 23.4 Å². The van der Waals surface area contributed by atoms with Crippen molar-refractivity contribution in [2.24, 2.45) is 0 Å². The van der Waals surface area contributed by atoms with Crippen LogP contribution in [0.15, 0.2) is 24.3 Å². The minimum atomic E-state index is -0.419. The zero-order valence-electron chi connectivity index (χ0n) is 12.6. The molecule has 2 saturated heterocycles. The number of anilines is 1. The Morgan fingerprint density at radius 2 is 2.00 bits per heavy atom. The molecule has 1 N–H and O–H groups in total. The number of fused-ring (bicyclic) bond motifs is 1. The van der Waals surface area contributed by atoms with Gasteiger partial charge in [-0.15, -0.1) is 11.8 Å². The molecule has 1 aromatic carbocycles. The molecule has 2 atom stereocenters. The Morgan fingerprint density at radius 3 is 2.64 bits per heavy atom. The van der Waals surface area contributed by atoms with Crippen molar-refractivity contribution in [1.29, 1.82) is 0 Å². The van der Waals surface area contributed by atoms with E-state index in [1.54, 1.807) is 40.9 Å². The maximum absolute atomic E-state index is 12.5. The molecule has 22 heavy (non-hydrogen) atoms. The van der Waals surface area contributed by atoms with Crippen LogP contribution in [0.25, 0.3) is 0 Å². The van der Waals surface area contributed by atoms with Crippen molar-refractivity contribution in [3.63, 3.8) is 0 Å². The van der Waals surface area contributed by atoms with E-state index >= 15 is 0 Å². The Bertz CT molecular complexity index is 643. The van der Waals surface area contributed by atoms with Crippen LogP contribution in [-0.2, 0) is 9.59 Å². The number of Topliss-reactive ketones (excluding diaryl/α,β-unsaturated/α-hetero) is 1. The molecule has 0 bridgehead atoms. The van der Waals surface area contributed by atoms with Crippen LogP contribution in [0.2, 0.25) is 0 Å². The fraction of sp³-hybridized carbons (Fsp3) is 0.438. The molecule has 116 valence electrons. The summed E-state index contributed by atoms with van der Waals surface area (Å²) < 4.78 is 0. The lowest BCUT2D eigenvalue weighted by atomic mass is 10.1. The largest absolute Gasteiger partial charge is 0.324 e. The highest BCUT2D eigenvalue weighted by Gasteiger charge is 2.52. The molecule has 2 heterocycles. The van der Waals surface area contributed by atoms with Crippen molar-refractivity contribution >= 4 is 35.0 Å². The van der Waals surface area contributed by atoms with Crippen molar-refractivity contribution in [3.8, 4) is 0 Å². The summed E-state index contributed by atoms with van der Waals surface area (Å²) in [5.74, 6) is 0.504. The van der Waals surface area contributed by atoms with Crippen LogP contribution in [0, 0.1) is 0 Å². The number of rotatable bonds is 3. The fourth-order valence-electron chi connectivity index (χ4n) is 3.03. The first kappa shape index (κ1) is 15.1. The summed E-state index contributed by atoms with van der Waals surface area (Å²) in [6.07, 6.45) is 1.31. The lowest BCUT2D eigenvalue weighted by Crippen LogP contribution is -2.48. The first-order valence-corrected chi connectivity index (χ1v) is 8.27. The molecule has 0 spiro atoms. The Kier molecular flexibility index (Phi) is 3.72. The quantitative estimate of drug-likeness (QED) is 0.868. The predicted octanol–water partition coefficient (Wildman–Crippen LogP) is 2.28. The lowest BCUT2D eigenvalue weighted by Gasteiger charge is -2.29. The van der Waals surface area contributed by atoms with Gasteiger partial charge in [-0.05, 0) is 44.5 Å². The third-order valence-electron chi connectivity index (χ3n) is 4.31. The average molecular weight is 318 g/mol. The first-order valence-electron chi connectivity index (χ1n) is 7.29. The molecular weight excluding hydrogens is 300 g/mol. The number of ketones is 1. The number of nitrogens with one attached hydrogen (secondary N) is 1. The van der Waals surface area contributed by atoms with E-state index in [2.05, 4.69) is 5.32 Å². The van der Waals surface area contributed by atoms with Crippen molar-refractivity contribution in [2.45, 2.75) is 37.6 Å². The Balaban J connectivity index is 1.72. The topological polar surface area (TPSA) is 66.5 Å². The number of hydrogen-bond donors (Lipinski definition) is 1. The predicted molar refractivity (Wildman–Crippen MR) is 85.8 cm³/mol. The van der Waals surface area contributed by atoms with Gasteiger partial charge in [-0.25, -0.2) is 0 Å². The highest BCUT2D eigenvalue weighted by atomic mass is 32.2. The van der Waals surface area contributed by atoms with Gasteiger partial charge in [0.1, 0.15) is 6.04 Å². The minimum Gasteiger partial charge on any atom is -0.324 e. The molecule has 6 heteroatoms. The molecule has 0 aliphatic carbocycles. The summed E-state index contributed by atoms with van der Waals surface area (Å²) in [6, 6.07) is 6.38. The van der Waals surface area contributed by atoms with Crippen LogP contribution in [0.3, 0.4) is 0 Å². The molecule has 0 saturated carbocycles. The van der Waals surface area contributed by atoms with Crippen LogP contribution >= 0.6 is 11.8 Å². The van der Waals surface area contributed by atoms with E-state index in [1.807, 2.05) is 6.92 Å². The van der Waals surface area contributed by atoms with Gasteiger partial charge in [0.25, 0.3) is 0 Å². The van der Waals surface area contributed by atoms with Crippen molar-refractivity contribution in [1.82, 2.24) is 4.90 Å². The molecule has 0 radical (unpaired) electrons. The molecule has 2 aliphatic heterocycles. The Labute approximate surface area is 133 Å². The van der Waals surface area contributed by atoms with Crippen LogP contribution in [-0.4, -0.2) is 39.2 Å². The molecule has 2 amide bonds. The van der Waals surface area contributed by atoms with Crippen molar-refractivity contribution < 1.29 is 14.4 Å². The van der Waals surface area contributed by atoms with E-state index in [0.717, 1.165) is 6.42 Å². The molecule has 2 fully saturated rings. The number of amides is 2. The monoisotopic (exact) mass is 318 g/mol. The normalized spacial score (nSPS) is 26.9. The first-order chi connectivity index (χ1) is 10.4. The number of hydrogen-bond acceptors (Lipinski definition) is 4. The number of nitrogens with zero attached hydrogens (tertiary/aromatic N) is 1. The molecule has 0 unspecified atom stereocenters. The number of carbonyl (C=O) groups excluding carboxylic acids is 3. The SMILES string of the molecule is CC(=O)c1ccc(NC(=O)[C@@H]2CS[C@@]3(C)CCC(=O)N23)cc1. The smallest absolute Gasteiger partial charge is 0.248 e. The second-order valence-corrected chi connectivity index (χ2v) is 7.39. The van der Waals surface area contributed by atoms with Gasteiger partial charge in [-0.1, -0.05) is 0 Å². The number of benzene rings is 1. The third kappa shape index (κ3) is 2.52. The maximum atomic E-state index is 12.5. The summed E-state index contributed by atoms with van der Waals surface area (Å²) in [5, 5.41) is 2.84. The highest BCUT2D eigenvalue weighted by Crippen LogP contribution is 2.47.